The van der Waals surface area contributed by atoms with Crippen LogP contribution in [0.4, 0.5) is 0 Å². The van der Waals surface area contributed by atoms with Crippen molar-refractivity contribution >= 4 is 14.6 Å². The Bertz CT molecular complexity index is 322. The molecule has 0 N–H and O–H groups in total. The van der Waals surface area contributed by atoms with Gasteiger partial charge in [-0.3, -0.25) is 0 Å². The number of hydrogen-bond donors (Lipinski definition) is 0. The van der Waals surface area contributed by atoms with Crippen LogP contribution in [0.5, 0.6) is 0 Å². The molecule has 0 saturated heterocycles. The molecule has 1 atom stereocenters. The molecule has 0 aromatic rings. The predicted molar refractivity (Wildman–Crippen MR) is 86.0 cm³/mol. The zero-order valence-electron chi connectivity index (χ0n) is 14.1. The first kappa shape index (κ1) is 18.6. The van der Waals surface area contributed by atoms with E-state index in [-0.39, 0.29) is 10.6 Å². The minimum Gasteiger partial charge on any atom is -0.411 e. The Morgan fingerprint density at radius 3 is 2.05 bits per heavy atom. The van der Waals surface area contributed by atoms with E-state index >= 15 is 0 Å². The first-order chi connectivity index (χ1) is 8.43. The van der Waals surface area contributed by atoms with E-state index in [9.17, 15) is 4.79 Å². The molecule has 0 aliphatic carbocycles. The normalized spacial score (nSPS) is 15.8. The molecule has 0 bridgehead atoms. The van der Waals surface area contributed by atoms with Crippen molar-refractivity contribution in [2.45, 2.75) is 84.5 Å². The number of allylic oxidation sites excluding steroid dienone is 2. The second kappa shape index (κ2) is 6.85. The summed E-state index contributed by atoms with van der Waals surface area (Å²) in [5.41, 5.74) is 0.997. The summed E-state index contributed by atoms with van der Waals surface area (Å²) in [7, 11) is -1.83. The minimum absolute atomic E-state index is 0.174. The summed E-state index contributed by atoms with van der Waals surface area (Å²) in [6, 6.07) is 0. The number of hydrogen-bond acceptors (Lipinski definition) is 2. The number of carbonyl (C=O) groups is 1. The highest BCUT2D eigenvalue weighted by atomic mass is 28.4. The molecule has 0 radical (unpaired) electrons. The van der Waals surface area contributed by atoms with Gasteiger partial charge in [0.15, 0.2) is 8.32 Å². The van der Waals surface area contributed by atoms with Crippen LogP contribution in [0.2, 0.25) is 18.1 Å². The van der Waals surface area contributed by atoms with Gasteiger partial charge in [-0.15, -0.1) is 0 Å². The molecule has 0 aliphatic heterocycles. The van der Waals surface area contributed by atoms with E-state index in [1.165, 1.54) is 5.57 Å². The second-order valence-corrected chi connectivity index (χ2v) is 12.2. The number of rotatable bonds is 7. The van der Waals surface area contributed by atoms with Gasteiger partial charge < -0.3 is 9.22 Å². The van der Waals surface area contributed by atoms with Gasteiger partial charge in [-0.1, -0.05) is 32.4 Å². The van der Waals surface area contributed by atoms with Crippen molar-refractivity contribution in [1.29, 1.82) is 0 Å². The van der Waals surface area contributed by atoms with Crippen LogP contribution in [-0.4, -0.2) is 20.2 Å². The van der Waals surface area contributed by atoms with Gasteiger partial charge in [0, 0.05) is 6.42 Å². The largest absolute Gasteiger partial charge is 0.411 e. The summed E-state index contributed by atoms with van der Waals surface area (Å²) in [5, 5.41) is 0.174. The van der Waals surface area contributed by atoms with Gasteiger partial charge >= 0.3 is 0 Å². The van der Waals surface area contributed by atoms with Crippen LogP contribution in [0.15, 0.2) is 11.6 Å². The van der Waals surface area contributed by atoms with Crippen molar-refractivity contribution in [2.24, 2.45) is 0 Å². The third-order valence-electron chi connectivity index (χ3n) is 4.05. The first-order valence-corrected chi connectivity index (χ1v) is 10.1. The zero-order valence-corrected chi connectivity index (χ0v) is 15.1. The fourth-order valence-electron chi connectivity index (χ4n) is 1.81. The van der Waals surface area contributed by atoms with E-state index in [1.54, 1.807) is 0 Å². The molecule has 0 heterocycles. The molecule has 0 unspecified atom stereocenters. The van der Waals surface area contributed by atoms with Crippen LogP contribution < -0.4 is 0 Å². The lowest BCUT2D eigenvalue weighted by Crippen LogP contribution is -2.48. The lowest BCUT2D eigenvalue weighted by Gasteiger charge is -2.43. The molecule has 112 valence electrons. The zero-order chi connectivity index (χ0) is 15.3. The fourth-order valence-corrected chi connectivity index (χ4v) is 3.53. The maximum absolute atomic E-state index is 11.0. The average molecular weight is 285 g/mol. The van der Waals surface area contributed by atoms with Crippen molar-refractivity contribution in [3.8, 4) is 0 Å². The summed E-state index contributed by atoms with van der Waals surface area (Å²) in [4.78, 5) is 11.0. The summed E-state index contributed by atoms with van der Waals surface area (Å²) < 4.78 is 6.49. The first-order valence-electron chi connectivity index (χ1n) is 7.21. The van der Waals surface area contributed by atoms with E-state index < -0.39 is 8.32 Å². The molecule has 3 heteroatoms. The van der Waals surface area contributed by atoms with Crippen LogP contribution in [0, 0.1) is 0 Å². The molecular weight excluding hydrogens is 252 g/mol. The molecule has 0 aromatic carbocycles. The van der Waals surface area contributed by atoms with Crippen LogP contribution in [-0.2, 0) is 9.22 Å². The summed E-state index contributed by atoms with van der Waals surface area (Å²) in [6.45, 7) is 17.5. The average Bonchev–Trinajstić information content (AvgIpc) is 2.13. The van der Waals surface area contributed by atoms with Crippen molar-refractivity contribution in [1.82, 2.24) is 0 Å². The standard InChI is InChI=1S/C16H32O2Si/c1-14(2)10-9-11-16(6,12-13-17)18-19(7,8)15(3,4)5/h10,13H,9,11-12H2,1-8H3/t16-/m0/s1. The van der Waals surface area contributed by atoms with Crippen LogP contribution in [0.3, 0.4) is 0 Å². The van der Waals surface area contributed by atoms with E-state index in [1.807, 2.05) is 0 Å². The highest BCUT2D eigenvalue weighted by Crippen LogP contribution is 2.40. The Morgan fingerprint density at radius 1 is 1.16 bits per heavy atom. The van der Waals surface area contributed by atoms with Crippen LogP contribution >= 0.6 is 0 Å². The van der Waals surface area contributed by atoms with E-state index in [4.69, 9.17) is 4.43 Å². The van der Waals surface area contributed by atoms with Gasteiger partial charge in [0.25, 0.3) is 0 Å². The molecule has 0 amide bonds. The molecule has 2 nitrogen and oxygen atoms in total. The van der Waals surface area contributed by atoms with Gasteiger partial charge in [0.05, 0.1) is 5.60 Å². The number of aldehydes is 1. The lowest BCUT2D eigenvalue weighted by atomic mass is 9.96. The molecule has 0 saturated carbocycles. The van der Waals surface area contributed by atoms with E-state index in [2.05, 4.69) is 60.7 Å². The van der Waals surface area contributed by atoms with Crippen molar-refractivity contribution in [3.63, 3.8) is 0 Å². The molecule has 0 aliphatic rings. The summed E-state index contributed by atoms with van der Waals surface area (Å²) >= 11 is 0. The second-order valence-electron chi connectivity index (χ2n) is 7.50. The lowest BCUT2D eigenvalue weighted by molar-refractivity contribution is -0.111. The Morgan fingerprint density at radius 2 is 1.68 bits per heavy atom. The molecule has 0 aromatic heterocycles. The van der Waals surface area contributed by atoms with Crippen molar-refractivity contribution in [2.75, 3.05) is 0 Å². The maximum atomic E-state index is 11.0. The Labute approximate surface area is 120 Å². The predicted octanol–water partition coefficient (Wildman–Crippen LogP) is 5.10. The highest BCUT2D eigenvalue weighted by molar-refractivity contribution is 6.74. The van der Waals surface area contributed by atoms with Gasteiger partial charge in [0.2, 0.25) is 0 Å². The van der Waals surface area contributed by atoms with Crippen LogP contribution in [0.1, 0.15) is 60.8 Å². The Hall–Kier alpha value is -0.413. The van der Waals surface area contributed by atoms with Gasteiger partial charge in [-0.25, -0.2) is 0 Å². The summed E-state index contributed by atoms with van der Waals surface area (Å²) in [5.74, 6) is 0. The smallest absolute Gasteiger partial charge is 0.192 e. The topological polar surface area (TPSA) is 26.3 Å². The Balaban J connectivity index is 4.89. The van der Waals surface area contributed by atoms with E-state index in [0.29, 0.717) is 6.42 Å². The highest BCUT2D eigenvalue weighted by Gasteiger charge is 2.42. The molecular formula is C16H32O2Si. The van der Waals surface area contributed by atoms with Crippen LogP contribution in [0.25, 0.3) is 0 Å². The monoisotopic (exact) mass is 284 g/mol. The fraction of sp³-hybridized carbons (Fsp3) is 0.812. The number of carbonyl (C=O) groups excluding carboxylic acids is 1. The molecule has 0 fully saturated rings. The van der Waals surface area contributed by atoms with Crippen molar-refractivity contribution < 1.29 is 9.22 Å². The Kier molecular flexibility index (Phi) is 6.70. The summed E-state index contributed by atoms with van der Waals surface area (Å²) in [6.07, 6.45) is 5.58. The quantitative estimate of drug-likeness (QED) is 0.369. The van der Waals surface area contributed by atoms with Crippen molar-refractivity contribution in [3.05, 3.63) is 11.6 Å². The molecule has 0 rings (SSSR count). The third-order valence-corrected chi connectivity index (χ3v) is 8.66. The third kappa shape index (κ3) is 6.53. The minimum atomic E-state index is -1.83. The van der Waals surface area contributed by atoms with Gasteiger partial charge in [-0.2, -0.15) is 0 Å². The van der Waals surface area contributed by atoms with Gasteiger partial charge in [-0.05, 0) is 51.7 Å². The van der Waals surface area contributed by atoms with Gasteiger partial charge in [0.1, 0.15) is 6.29 Å². The van der Waals surface area contributed by atoms with E-state index in [0.717, 1.165) is 19.1 Å². The molecule has 0 spiro atoms. The SMILES string of the molecule is CC(C)=CCC[C@@](C)(CC=O)O[Si](C)(C)C(C)(C)C. The molecule has 19 heavy (non-hydrogen) atoms. The maximum Gasteiger partial charge on any atom is 0.192 e.